The minimum absolute atomic E-state index is 0.0440. The van der Waals surface area contributed by atoms with E-state index in [2.05, 4.69) is 10.6 Å². The van der Waals surface area contributed by atoms with Crippen LogP contribution in [0.15, 0.2) is 36.4 Å². The van der Waals surface area contributed by atoms with Crippen LogP contribution in [0.2, 0.25) is 0 Å². The van der Waals surface area contributed by atoms with Gasteiger partial charge in [-0.3, -0.25) is 19.2 Å². The van der Waals surface area contributed by atoms with Gasteiger partial charge in [-0.25, -0.2) is 4.39 Å². The van der Waals surface area contributed by atoms with Crippen LogP contribution < -0.4 is 10.6 Å². The number of benzene rings is 1. The third-order valence-corrected chi connectivity index (χ3v) is 5.34. The predicted molar refractivity (Wildman–Crippen MR) is 113 cm³/mol. The van der Waals surface area contributed by atoms with Gasteiger partial charge in [0.15, 0.2) is 5.78 Å². The maximum absolute atomic E-state index is 13.1. The number of aryl methyl sites for hydroxylation is 1. The molecular weight excluding hydrogens is 407 g/mol. The summed E-state index contributed by atoms with van der Waals surface area (Å²) in [5, 5.41) is 5.27. The summed E-state index contributed by atoms with van der Waals surface area (Å²) in [5.74, 6) is -1.14. The van der Waals surface area contributed by atoms with Crippen LogP contribution in [0.5, 0.6) is 0 Å². The molecule has 1 aromatic heterocycles. The molecule has 8 heteroatoms. The van der Waals surface area contributed by atoms with Crippen molar-refractivity contribution in [3.63, 3.8) is 0 Å². The molecule has 0 aliphatic heterocycles. The van der Waals surface area contributed by atoms with Crippen LogP contribution in [-0.4, -0.2) is 36.5 Å². The van der Waals surface area contributed by atoms with E-state index in [1.165, 1.54) is 23.5 Å². The summed E-state index contributed by atoms with van der Waals surface area (Å²) in [6.07, 6.45) is 0.456. The average molecular weight is 433 g/mol. The van der Waals surface area contributed by atoms with Crippen molar-refractivity contribution in [2.45, 2.75) is 39.0 Å². The molecule has 0 bridgehead atoms. The molecule has 2 rings (SSSR count). The molecule has 0 saturated heterocycles. The van der Waals surface area contributed by atoms with Gasteiger partial charge in [0.05, 0.1) is 11.3 Å². The molecule has 0 fully saturated rings. The van der Waals surface area contributed by atoms with Gasteiger partial charge in [0.2, 0.25) is 11.8 Å². The summed E-state index contributed by atoms with van der Waals surface area (Å²) in [7, 11) is 0. The highest BCUT2D eigenvalue weighted by Crippen LogP contribution is 2.17. The molecule has 2 N–H and O–H groups in total. The van der Waals surface area contributed by atoms with Crippen molar-refractivity contribution in [2.24, 2.45) is 0 Å². The van der Waals surface area contributed by atoms with Crippen LogP contribution in [0.4, 0.5) is 4.39 Å². The summed E-state index contributed by atoms with van der Waals surface area (Å²) in [6, 6.07) is 9.44. The van der Waals surface area contributed by atoms with Gasteiger partial charge >= 0.3 is 0 Å². The van der Waals surface area contributed by atoms with Gasteiger partial charge < -0.3 is 10.6 Å². The highest BCUT2D eigenvalue weighted by atomic mass is 32.1. The van der Waals surface area contributed by atoms with Crippen molar-refractivity contribution in [1.82, 2.24) is 10.6 Å². The molecule has 0 aliphatic rings. The monoisotopic (exact) mass is 432 g/mol. The van der Waals surface area contributed by atoms with Crippen LogP contribution >= 0.6 is 11.3 Å². The first-order valence-corrected chi connectivity index (χ1v) is 10.5. The molecule has 0 unspecified atom stereocenters. The quantitative estimate of drug-likeness (QED) is 0.398. The fourth-order valence-corrected chi connectivity index (χ4v) is 3.56. The third-order valence-electron chi connectivity index (χ3n) is 4.30. The highest BCUT2D eigenvalue weighted by Gasteiger charge is 2.12. The lowest BCUT2D eigenvalue weighted by atomic mass is 10.1. The van der Waals surface area contributed by atoms with Crippen molar-refractivity contribution in [3.05, 3.63) is 57.5 Å². The van der Waals surface area contributed by atoms with Crippen molar-refractivity contribution in [2.75, 3.05) is 13.1 Å². The molecule has 0 saturated carbocycles. The number of hydrogen-bond donors (Lipinski definition) is 2. The minimum atomic E-state index is -0.395. The van der Waals surface area contributed by atoms with Crippen LogP contribution in [0.25, 0.3) is 0 Å². The molecule has 6 nitrogen and oxygen atoms in total. The number of nitrogens with one attached hydrogen (secondary N) is 2. The molecular formula is C22H25FN2O4S. The Balaban J connectivity index is 1.54. The number of ketones is 2. The standard InChI is InChI=1S/C22H25FN2O4S/c1-15-5-9-20(30-15)19(27)8-6-18(26)7-10-21(28)24-11-12-25-22(29)14-16-3-2-4-17(23)13-16/h2-5,9,13H,6-8,10-12,14H2,1H3,(H,24,28)(H,25,29). The normalized spacial score (nSPS) is 10.5. The minimum Gasteiger partial charge on any atom is -0.354 e. The molecule has 2 amide bonds. The Morgan fingerprint density at radius 2 is 1.60 bits per heavy atom. The summed E-state index contributed by atoms with van der Waals surface area (Å²) in [4.78, 5) is 49.2. The maximum Gasteiger partial charge on any atom is 0.224 e. The van der Waals surface area contributed by atoms with Gasteiger partial charge in [-0.1, -0.05) is 12.1 Å². The number of hydrogen-bond acceptors (Lipinski definition) is 5. The van der Waals surface area contributed by atoms with E-state index in [9.17, 15) is 23.6 Å². The molecule has 0 spiro atoms. The Bertz CT molecular complexity index is 910. The Hall–Kier alpha value is -2.87. The topological polar surface area (TPSA) is 92.3 Å². The lowest BCUT2D eigenvalue weighted by molar-refractivity contribution is -0.125. The Morgan fingerprint density at radius 3 is 2.27 bits per heavy atom. The van der Waals surface area contributed by atoms with Crippen molar-refractivity contribution in [1.29, 1.82) is 0 Å². The average Bonchev–Trinajstić information content (AvgIpc) is 3.14. The Kier molecular flexibility index (Phi) is 9.34. The first kappa shape index (κ1) is 23.4. The third kappa shape index (κ3) is 8.65. The highest BCUT2D eigenvalue weighted by molar-refractivity contribution is 7.14. The lowest BCUT2D eigenvalue weighted by Crippen LogP contribution is -2.35. The van der Waals surface area contributed by atoms with Crippen LogP contribution in [0.1, 0.15) is 45.8 Å². The Morgan fingerprint density at radius 1 is 0.900 bits per heavy atom. The van der Waals surface area contributed by atoms with Crippen molar-refractivity contribution >= 4 is 34.7 Å². The van der Waals surface area contributed by atoms with Crippen LogP contribution in [-0.2, 0) is 20.8 Å². The second-order valence-electron chi connectivity index (χ2n) is 6.88. The second kappa shape index (κ2) is 12.0. The van der Waals surface area contributed by atoms with E-state index in [0.717, 1.165) is 4.88 Å². The second-order valence-corrected chi connectivity index (χ2v) is 8.17. The lowest BCUT2D eigenvalue weighted by Gasteiger charge is -2.07. The van der Waals surface area contributed by atoms with Crippen molar-refractivity contribution in [3.8, 4) is 0 Å². The maximum atomic E-state index is 13.1. The van der Waals surface area contributed by atoms with Gasteiger partial charge in [-0.15, -0.1) is 11.3 Å². The number of halogens is 1. The number of rotatable bonds is 12. The van der Waals surface area contributed by atoms with E-state index in [-0.39, 0.29) is 68.6 Å². The van der Waals surface area contributed by atoms with E-state index in [4.69, 9.17) is 0 Å². The van der Waals surface area contributed by atoms with E-state index in [0.29, 0.717) is 10.4 Å². The van der Waals surface area contributed by atoms with E-state index >= 15 is 0 Å². The summed E-state index contributed by atoms with van der Waals surface area (Å²) >= 11 is 1.41. The fraction of sp³-hybridized carbons (Fsp3) is 0.364. The molecule has 0 aliphatic carbocycles. The van der Waals surface area contributed by atoms with Gasteiger partial charge in [-0.05, 0) is 36.8 Å². The predicted octanol–water partition coefficient (Wildman–Crippen LogP) is 2.98. The molecule has 1 heterocycles. The van der Waals surface area contributed by atoms with Crippen molar-refractivity contribution < 1.29 is 23.6 Å². The largest absolute Gasteiger partial charge is 0.354 e. The first-order valence-electron chi connectivity index (χ1n) is 9.72. The van der Waals surface area contributed by atoms with E-state index < -0.39 is 5.82 Å². The number of carbonyl (C=O) groups is 4. The molecule has 0 atom stereocenters. The molecule has 1 aromatic carbocycles. The number of carbonyl (C=O) groups excluding carboxylic acids is 4. The number of amides is 2. The smallest absolute Gasteiger partial charge is 0.224 e. The summed E-state index contributed by atoms with van der Waals surface area (Å²) in [6.45, 7) is 2.39. The van der Waals surface area contributed by atoms with Gasteiger partial charge in [-0.2, -0.15) is 0 Å². The van der Waals surface area contributed by atoms with Gasteiger partial charge in [0, 0.05) is 43.6 Å². The zero-order chi connectivity index (χ0) is 21.9. The summed E-state index contributed by atoms with van der Waals surface area (Å²) in [5.41, 5.74) is 0.572. The number of thiophene rings is 1. The van der Waals surface area contributed by atoms with Gasteiger partial charge in [0.1, 0.15) is 11.6 Å². The van der Waals surface area contributed by atoms with E-state index in [1.807, 2.05) is 13.0 Å². The Labute approximate surface area is 178 Å². The molecule has 0 radical (unpaired) electrons. The first-order chi connectivity index (χ1) is 14.3. The van der Waals surface area contributed by atoms with Crippen LogP contribution in [0.3, 0.4) is 0 Å². The molecule has 2 aromatic rings. The number of Topliss-reactive ketones (excluding diaryl/α,β-unsaturated/α-hetero) is 2. The van der Waals surface area contributed by atoms with E-state index in [1.54, 1.807) is 18.2 Å². The van der Waals surface area contributed by atoms with Crippen LogP contribution in [0, 0.1) is 12.7 Å². The zero-order valence-corrected chi connectivity index (χ0v) is 17.6. The SMILES string of the molecule is Cc1ccc(C(=O)CCC(=O)CCC(=O)NCCNC(=O)Cc2cccc(F)c2)s1. The molecule has 30 heavy (non-hydrogen) atoms. The zero-order valence-electron chi connectivity index (χ0n) is 16.8. The fourth-order valence-electron chi connectivity index (χ4n) is 2.73. The summed E-state index contributed by atoms with van der Waals surface area (Å²) < 4.78 is 13.1. The molecule has 160 valence electrons. The van der Waals surface area contributed by atoms with Gasteiger partial charge in [0.25, 0.3) is 0 Å².